The number of carbonyl (C=O) groups is 1. The van der Waals surface area contributed by atoms with E-state index in [1.165, 1.54) is 0 Å². The standard InChI is InChI=1S/C12H21N3O3/c1-8(15-11(16)18-12(2,3)4)10-14-7-9(17-10)5-6-13/h7-8H,5-6,13H2,1-4H3,(H,15,16). The predicted molar refractivity (Wildman–Crippen MR) is 67.0 cm³/mol. The van der Waals surface area contributed by atoms with Crippen molar-refractivity contribution < 1.29 is 13.9 Å². The van der Waals surface area contributed by atoms with Gasteiger partial charge < -0.3 is 20.2 Å². The largest absolute Gasteiger partial charge is 0.444 e. The molecule has 0 aromatic carbocycles. The Morgan fingerprint density at radius 2 is 2.28 bits per heavy atom. The normalized spacial score (nSPS) is 13.2. The molecular weight excluding hydrogens is 234 g/mol. The lowest BCUT2D eigenvalue weighted by molar-refractivity contribution is 0.0500. The zero-order chi connectivity index (χ0) is 13.8. The lowest BCUT2D eigenvalue weighted by atomic mass is 10.2. The summed E-state index contributed by atoms with van der Waals surface area (Å²) in [7, 11) is 0. The first-order valence-electron chi connectivity index (χ1n) is 5.96. The molecule has 0 saturated carbocycles. The van der Waals surface area contributed by atoms with Crippen LogP contribution < -0.4 is 11.1 Å². The second-order valence-electron chi connectivity index (χ2n) is 5.07. The van der Waals surface area contributed by atoms with Gasteiger partial charge in [0.1, 0.15) is 17.4 Å². The Hall–Kier alpha value is -1.56. The minimum atomic E-state index is -0.523. The van der Waals surface area contributed by atoms with Gasteiger partial charge in [0.15, 0.2) is 0 Å². The van der Waals surface area contributed by atoms with E-state index >= 15 is 0 Å². The number of nitrogens with one attached hydrogen (secondary N) is 1. The Labute approximate surface area is 107 Å². The SMILES string of the molecule is CC(NC(=O)OC(C)(C)C)c1ncc(CCN)o1. The van der Waals surface area contributed by atoms with Gasteiger partial charge in [-0.25, -0.2) is 9.78 Å². The van der Waals surface area contributed by atoms with Crippen molar-refractivity contribution in [2.45, 2.75) is 45.8 Å². The van der Waals surface area contributed by atoms with Gasteiger partial charge in [-0.2, -0.15) is 0 Å². The van der Waals surface area contributed by atoms with Crippen molar-refractivity contribution in [3.8, 4) is 0 Å². The van der Waals surface area contributed by atoms with E-state index in [9.17, 15) is 4.79 Å². The van der Waals surface area contributed by atoms with Crippen LogP contribution in [0.5, 0.6) is 0 Å². The summed E-state index contributed by atoms with van der Waals surface area (Å²) >= 11 is 0. The quantitative estimate of drug-likeness (QED) is 0.855. The van der Waals surface area contributed by atoms with Crippen LogP contribution >= 0.6 is 0 Å². The van der Waals surface area contributed by atoms with Crippen molar-refractivity contribution in [2.24, 2.45) is 5.73 Å². The number of amides is 1. The number of nitrogens with two attached hydrogens (primary N) is 1. The number of ether oxygens (including phenoxy) is 1. The van der Waals surface area contributed by atoms with Crippen molar-refractivity contribution >= 4 is 6.09 Å². The monoisotopic (exact) mass is 255 g/mol. The van der Waals surface area contributed by atoms with E-state index in [1.54, 1.807) is 13.1 Å². The van der Waals surface area contributed by atoms with Crippen LogP contribution in [0.25, 0.3) is 0 Å². The van der Waals surface area contributed by atoms with Crippen LogP contribution in [0, 0.1) is 0 Å². The molecule has 0 fully saturated rings. The average molecular weight is 255 g/mol. The number of rotatable bonds is 4. The van der Waals surface area contributed by atoms with Gasteiger partial charge in [0, 0.05) is 6.42 Å². The third kappa shape index (κ3) is 4.75. The number of aromatic nitrogens is 1. The molecule has 3 N–H and O–H groups in total. The van der Waals surface area contributed by atoms with Crippen molar-refractivity contribution in [3.05, 3.63) is 17.8 Å². The van der Waals surface area contributed by atoms with Crippen LogP contribution in [0.15, 0.2) is 10.6 Å². The van der Waals surface area contributed by atoms with E-state index < -0.39 is 11.7 Å². The average Bonchev–Trinajstić information content (AvgIpc) is 2.63. The Kier molecular flexibility index (Phi) is 4.72. The predicted octanol–water partition coefficient (Wildman–Crippen LogP) is 1.76. The van der Waals surface area contributed by atoms with Gasteiger partial charge >= 0.3 is 6.09 Å². The Balaban J connectivity index is 2.53. The van der Waals surface area contributed by atoms with Crippen LogP contribution in [0.4, 0.5) is 4.79 Å². The lowest BCUT2D eigenvalue weighted by Gasteiger charge is -2.21. The number of nitrogens with zero attached hydrogens (tertiary/aromatic N) is 1. The molecule has 1 aromatic rings. The first-order valence-corrected chi connectivity index (χ1v) is 5.96. The summed E-state index contributed by atoms with van der Waals surface area (Å²) in [4.78, 5) is 15.6. The third-order valence-corrected chi connectivity index (χ3v) is 2.07. The van der Waals surface area contributed by atoms with Crippen molar-refractivity contribution in [1.29, 1.82) is 0 Å². The molecule has 0 aliphatic heterocycles. The van der Waals surface area contributed by atoms with Crippen LogP contribution in [0.2, 0.25) is 0 Å². The van der Waals surface area contributed by atoms with Gasteiger partial charge in [0.25, 0.3) is 0 Å². The molecule has 102 valence electrons. The number of oxazole rings is 1. The molecule has 0 saturated heterocycles. The number of hydrogen-bond donors (Lipinski definition) is 2. The fraction of sp³-hybridized carbons (Fsp3) is 0.667. The highest BCUT2D eigenvalue weighted by molar-refractivity contribution is 5.68. The number of hydrogen-bond acceptors (Lipinski definition) is 5. The molecule has 6 nitrogen and oxygen atoms in total. The van der Waals surface area contributed by atoms with E-state index in [4.69, 9.17) is 14.9 Å². The van der Waals surface area contributed by atoms with Gasteiger partial charge in [0.05, 0.1) is 6.20 Å². The van der Waals surface area contributed by atoms with Gasteiger partial charge in [-0.3, -0.25) is 0 Å². The Morgan fingerprint density at radius 3 is 2.83 bits per heavy atom. The van der Waals surface area contributed by atoms with Crippen LogP contribution in [0.1, 0.15) is 45.4 Å². The van der Waals surface area contributed by atoms with Crippen molar-refractivity contribution in [3.63, 3.8) is 0 Å². The minimum Gasteiger partial charge on any atom is -0.444 e. The molecule has 1 unspecified atom stereocenters. The molecule has 1 heterocycles. The van der Waals surface area contributed by atoms with Crippen LogP contribution in [-0.4, -0.2) is 23.2 Å². The van der Waals surface area contributed by atoms with E-state index in [1.807, 2.05) is 20.8 Å². The van der Waals surface area contributed by atoms with Crippen molar-refractivity contribution in [1.82, 2.24) is 10.3 Å². The summed E-state index contributed by atoms with van der Waals surface area (Å²) in [6, 6.07) is -0.341. The molecule has 0 spiro atoms. The number of carbonyl (C=O) groups excluding carboxylic acids is 1. The molecule has 1 rings (SSSR count). The first-order chi connectivity index (χ1) is 8.31. The van der Waals surface area contributed by atoms with Gasteiger partial charge in [0.2, 0.25) is 5.89 Å². The smallest absolute Gasteiger partial charge is 0.408 e. The Morgan fingerprint density at radius 1 is 1.61 bits per heavy atom. The summed E-state index contributed by atoms with van der Waals surface area (Å²) in [6.07, 6.45) is 1.76. The summed E-state index contributed by atoms with van der Waals surface area (Å²) < 4.78 is 10.6. The number of alkyl carbamates (subject to hydrolysis) is 1. The maximum absolute atomic E-state index is 11.6. The minimum absolute atomic E-state index is 0.341. The highest BCUT2D eigenvalue weighted by atomic mass is 16.6. The van der Waals surface area contributed by atoms with Gasteiger partial charge in [-0.15, -0.1) is 0 Å². The molecule has 18 heavy (non-hydrogen) atoms. The first kappa shape index (κ1) is 14.5. The second kappa shape index (κ2) is 5.86. The maximum Gasteiger partial charge on any atom is 0.408 e. The second-order valence-corrected chi connectivity index (χ2v) is 5.07. The van der Waals surface area contributed by atoms with E-state index in [-0.39, 0.29) is 6.04 Å². The Bertz CT molecular complexity index is 396. The molecule has 0 aliphatic rings. The molecule has 1 amide bonds. The summed E-state index contributed by atoms with van der Waals surface area (Å²) in [5.74, 6) is 1.16. The summed E-state index contributed by atoms with van der Waals surface area (Å²) in [5.41, 5.74) is 4.90. The topological polar surface area (TPSA) is 90.4 Å². The molecular formula is C12H21N3O3. The third-order valence-electron chi connectivity index (χ3n) is 2.07. The lowest BCUT2D eigenvalue weighted by Crippen LogP contribution is -2.34. The van der Waals surface area contributed by atoms with Crippen LogP contribution in [-0.2, 0) is 11.2 Å². The zero-order valence-corrected chi connectivity index (χ0v) is 11.3. The van der Waals surface area contributed by atoms with E-state index in [0.29, 0.717) is 24.6 Å². The van der Waals surface area contributed by atoms with Gasteiger partial charge in [-0.05, 0) is 34.2 Å². The van der Waals surface area contributed by atoms with Crippen molar-refractivity contribution in [2.75, 3.05) is 6.54 Å². The molecule has 0 aliphatic carbocycles. The summed E-state index contributed by atoms with van der Waals surface area (Å²) in [6.45, 7) is 7.70. The summed E-state index contributed by atoms with van der Waals surface area (Å²) in [5, 5.41) is 2.66. The van der Waals surface area contributed by atoms with Crippen LogP contribution in [0.3, 0.4) is 0 Å². The molecule has 1 aromatic heterocycles. The fourth-order valence-electron chi connectivity index (χ4n) is 1.33. The van der Waals surface area contributed by atoms with Gasteiger partial charge in [-0.1, -0.05) is 0 Å². The van der Waals surface area contributed by atoms with E-state index in [2.05, 4.69) is 10.3 Å². The maximum atomic E-state index is 11.6. The molecule has 6 heteroatoms. The zero-order valence-electron chi connectivity index (χ0n) is 11.3. The van der Waals surface area contributed by atoms with E-state index in [0.717, 1.165) is 0 Å². The highest BCUT2D eigenvalue weighted by Gasteiger charge is 2.20. The fourth-order valence-corrected chi connectivity index (χ4v) is 1.33. The molecule has 0 radical (unpaired) electrons. The highest BCUT2D eigenvalue weighted by Crippen LogP contribution is 2.14. The molecule has 1 atom stereocenters. The molecule has 0 bridgehead atoms.